The molecule has 0 heterocycles. The van der Waals surface area contributed by atoms with Crippen LogP contribution in [-0.2, 0) is 26.3 Å². The molecule has 0 spiro atoms. The molecule has 1 unspecified atom stereocenters. The molecule has 30 heavy (non-hydrogen) atoms. The number of hydrogen-bond donors (Lipinski definition) is 0. The van der Waals surface area contributed by atoms with Crippen molar-refractivity contribution < 1.29 is 26.9 Å². The van der Waals surface area contributed by atoms with E-state index in [1.807, 2.05) is 34.6 Å². The van der Waals surface area contributed by atoms with Crippen molar-refractivity contribution >= 4 is 20.9 Å². The van der Waals surface area contributed by atoms with Crippen molar-refractivity contribution in [2.24, 2.45) is 0 Å². The van der Waals surface area contributed by atoms with Gasteiger partial charge in [0.1, 0.15) is 0 Å². The van der Waals surface area contributed by atoms with Crippen molar-refractivity contribution in [2.45, 2.75) is 104 Å². The lowest BCUT2D eigenvalue weighted by Gasteiger charge is -2.38. The van der Waals surface area contributed by atoms with Crippen LogP contribution in [0.25, 0.3) is 0 Å². The predicted octanol–water partition coefficient (Wildman–Crippen LogP) is 6.20. The molecule has 0 fully saturated rings. The van der Waals surface area contributed by atoms with Gasteiger partial charge in [-0.2, -0.15) is 13.2 Å². The topological polar surface area (TPSA) is 27.7 Å². The van der Waals surface area contributed by atoms with Crippen LogP contribution in [-0.4, -0.2) is 33.7 Å². The predicted molar refractivity (Wildman–Crippen MR) is 121 cm³/mol. The van der Waals surface area contributed by atoms with E-state index in [4.69, 9.17) is 13.7 Å². The summed E-state index contributed by atoms with van der Waals surface area (Å²) in [7, 11) is -2.92. The first kappa shape index (κ1) is 27.2. The van der Waals surface area contributed by atoms with Crippen molar-refractivity contribution in [3.8, 4) is 0 Å². The summed E-state index contributed by atoms with van der Waals surface area (Å²) in [4.78, 5) is 0. The Bertz CT molecular complexity index is 675. The van der Waals surface area contributed by atoms with Gasteiger partial charge in [0.05, 0.1) is 5.56 Å². The molecule has 0 amide bonds. The van der Waals surface area contributed by atoms with Crippen LogP contribution >= 0.6 is 0 Å². The minimum Gasteiger partial charge on any atom is -0.414 e. The van der Waals surface area contributed by atoms with Crippen molar-refractivity contribution in [1.82, 2.24) is 0 Å². The van der Waals surface area contributed by atoms with E-state index in [1.165, 1.54) is 6.07 Å². The lowest BCUT2D eigenvalue weighted by molar-refractivity contribution is -0.138. The number of benzene rings is 1. The van der Waals surface area contributed by atoms with Gasteiger partial charge in [-0.1, -0.05) is 32.9 Å². The zero-order chi connectivity index (χ0) is 23.5. The highest BCUT2D eigenvalue weighted by molar-refractivity contribution is 6.74. The first-order chi connectivity index (χ1) is 13.4. The van der Waals surface area contributed by atoms with Crippen LogP contribution in [0.4, 0.5) is 13.2 Å². The number of hydrogen-bond acceptors (Lipinski definition) is 3. The highest BCUT2D eigenvalue weighted by Crippen LogP contribution is 2.38. The monoisotopic (exact) mass is 446 g/mol. The van der Waals surface area contributed by atoms with Gasteiger partial charge < -0.3 is 13.7 Å². The summed E-state index contributed by atoms with van der Waals surface area (Å²) in [5, 5.41) is -0.00638. The molecule has 0 aliphatic carbocycles. The van der Waals surface area contributed by atoms with E-state index in [0.717, 1.165) is 6.07 Å². The molecule has 3 nitrogen and oxygen atoms in total. The lowest BCUT2D eigenvalue weighted by atomic mass is 9.76. The summed E-state index contributed by atoms with van der Waals surface area (Å²) < 4.78 is 59.4. The van der Waals surface area contributed by atoms with Gasteiger partial charge in [0.2, 0.25) is 0 Å². The molecule has 1 rings (SSSR count). The Labute approximate surface area is 182 Å². The molecule has 0 saturated heterocycles. The van der Waals surface area contributed by atoms with Gasteiger partial charge in [0.25, 0.3) is 0 Å². The summed E-state index contributed by atoms with van der Waals surface area (Å²) in [6.45, 7) is 19.7. The van der Waals surface area contributed by atoms with Gasteiger partial charge in [0, 0.05) is 18.3 Å². The molecule has 8 heteroatoms. The normalized spacial score (nSPS) is 14.5. The molecule has 0 bridgehead atoms. The summed E-state index contributed by atoms with van der Waals surface area (Å²) in [5.41, 5.74) is -0.0628. The second kappa shape index (κ2) is 10.2. The number of alkyl halides is 3. The molecule has 0 saturated carbocycles. The Hall–Kier alpha value is -0.828. The van der Waals surface area contributed by atoms with E-state index in [0.29, 0.717) is 5.46 Å². The number of rotatable bonds is 9. The Morgan fingerprint density at radius 3 is 1.83 bits per heavy atom. The standard InChI is InChI=1S/C22H38BF3O3Si/c1-15(2)27-23(28-16(3)4)19-12-11-18(20(14-19)22(24,25)26)13-17(5)29-30(9,10)21(6,7)8/h11-12,14-17H,13H2,1-10H3. The van der Waals surface area contributed by atoms with Crippen LogP contribution in [0.3, 0.4) is 0 Å². The van der Waals surface area contributed by atoms with Crippen LogP contribution in [0, 0.1) is 0 Å². The number of halogens is 3. The Morgan fingerprint density at radius 1 is 0.933 bits per heavy atom. The molecule has 0 radical (unpaired) electrons. The third-order valence-electron chi connectivity index (χ3n) is 5.31. The maximum atomic E-state index is 13.9. The molecule has 1 aromatic carbocycles. The SMILES string of the molecule is CC(C)OB(OC(C)C)c1ccc(CC(C)O[Si](C)(C)C(C)(C)C)c(C(F)(F)F)c1. The van der Waals surface area contributed by atoms with Crippen LogP contribution in [0.15, 0.2) is 18.2 Å². The maximum Gasteiger partial charge on any atom is 0.494 e. The fourth-order valence-corrected chi connectivity index (χ4v) is 4.34. The van der Waals surface area contributed by atoms with E-state index < -0.39 is 27.2 Å². The first-order valence-electron chi connectivity index (χ1n) is 10.6. The van der Waals surface area contributed by atoms with E-state index >= 15 is 0 Å². The fourth-order valence-electron chi connectivity index (χ4n) is 2.90. The van der Waals surface area contributed by atoms with Crippen LogP contribution in [0.5, 0.6) is 0 Å². The molecular weight excluding hydrogens is 408 g/mol. The second-order valence-electron chi connectivity index (χ2n) is 10.0. The summed E-state index contributed by atoms with van der Waals surface area (Å²) in [6, 6.07) is 4.35. The molecule has 0 aliphatic rings. The van der Waals surface area contributed by atoms with Gasteiger partial charge in [-0.3, -0.25) is 0 Å². The largest absolute Gasteiger partial charge is 0.494 e. The maximum absolute atomic E-state index is 13.9. The van der Waals surface area contributed by atoms with Crippen molar-refractivity contribution in [3.05, 3.63) is 29.3 Å². The van der Waals surface area contributed by atoms with Gasteiger partial charge in [-0.15, -0.1) is 0 Å². The summed E-state index contributed by atoms with van der Waals surface area (Å²) >= 11 is 0. The minimum absolute atomic E-state index is 0.00638. The molecule has 1 aromatic rings. The molecule has 1 atom stereocenters. The molecule has 0 aliphatic heterocycles. The van der Waals surface area contributed by atoms with Gasteiger partial charge in [-0.05, 0) is 76.3 Å². The van der Waals surface area contributed by atoms with E-state index in [1.54, 1.807) is 6.07 Å². The van der Waals surface area contributed by atoms with E-state index in [2.05, 4.69) is 33.9 Å². The molecule has 0 N–H and O–H groups in total. The highest BCUT2D eigenvalue weighted by atomic mass is 28.4. The third kappa shape index (κ3) is 8.02. The molecule has 0 aromatic heterocycles. The highest BCUT2D eigenvalue weighted by Gasteiger charge is 2.40. The lowest BCUT2D eigenvalue weighted by Crippen LogP contribution is -2.44. The van der Waals surface area contributed by atoms with E-state index in [9.17, 15) is 13.2 Å². The Kier molecular flexibility index (Phi) is 9.24. The van der Waals surface area contributed by atoms with Crippen molar-refractivity contribution in [2.75, 3.05) is 0 Å². The Morgan fingerprint density at radius 2 is 1.43 bits per heavy atom. The molecule has 172 valence electrons. The quantitative estimate of drug-likeness (QED) is 0.423. The van der Waals surface area contributed by atoms with Crippen molar-refractivity contribution in [3.63, 3.8) is 0 Å². The van der Waals surface area contributed by atoms with Gasteiger partial charge in [0.15, 0.2) is 8.32 Å². The van der Waals surface area contributed by atoms with Crippen molar-refractivity contribution in [1.29, 1.82) is 0 Å². The zero-order valence-corrected chi connectivity index (χ0v) is 21.1. The average Bonchev–Trinajstić information content (AvgIpc) is 2.50. The van der Waals surface area contributed by atoms with Gasteiger partial charge >= 0.3 is 13.3 Å². The zero-order valence-electron chi connectivity index (χ0n) is 20.1. The fraction of sp³-hybridized carbons (Fsp3) is 0.727. The Balaban J connectivity index is 3.22. The summed E-state index contributed by atoms with van der Waals surface area (Å²) in [6.07, 6.45) is -4.95. The smallest absolute Gasteiger partial charge is 0.414 e. The molecular formula is C22H38BF3O3Si. The average molecular weight is 446 g/mol. The van der Waals surface area contributed by atoms with E-state index in [-0.39, 0.29) is 35.3 Å². The van der Waals surface area contributed by atoms with Crippen LogP contribution in [0.2, 0.25) is 18.1 Å². The van der Waals surface area contributed by atoms with Crippen LogP contribution in [0.1, 0.15) is 66.5 Å². The van der Waals surface area contributed by atoms with Gasteiger partial charge in [-0.25, -0.2) is 0 Å². The first-order valence-corrected chi connectivity index (χ1v) is 13.5. The third-order valence-corrected chi connectivity index (χ3v) is 9.92. The summed E-state index contributed by atoms with van der Waals surface area (Å²) in [5.74, 6) is 0. The second-order valence-corrected chi connectivity index (χ2v) is 14.8. The minimum atomic E-state index is -4.47. The van der Waals surface area contributed by atoms with Crippen LogP contribution < -0.4 is 5.46 Å².